The molecular weight excluding hydrogens is 367 g/mol. The maximum Gasteiger partial charge on any atom is 0.416 e. The predicted molar refractivity (Wildman–Crippen MR) is 92.1 cm³/mol. The van der Waals surface area contributed by atoms with Crippen molar-refractivity contribution in [1.82, 2.24) is 5.32 Å². The third-order valence-corrected chi connectivity index (χ3v) is 5.17. The summed E-state index contributed by atoms with van der Waals surface area (Å²) in [5.74, 6) is 0. The molecular formula is C17H18F3N3O2S. The topological polar surface area (TPSA) is 75.4 Å². The predicted octanol–water partition coefficient (Wildman–Crippen LogP) is 2.33. The Kier molecular flexibility index (Phi) is 4.96. The Morgan fingerprint density at radius 1 is 1.12 bits per heavy atom. The summed E-state index contributed by atoms with van der Waals surface area (Å²) in [6, 6.07) is 11.7. The Morgan fingerprint density at radius 2 is 1.77 bits per heavy atom. The zero-order chi connectivity index (χ0) is 18.9. The number of rotatable bonds is 5. The maximum absolute atomic E-state index is 12.6. The van der Waals surface area contributed by atoms with Crippen molar-refractivity contribution in [3.05, 3.63) is 59.7 Å². The molecule has 9 heteroatoms. The number of primary sulfonamides is 1. The van der Waals surface area contributed by atoms with Crippen molar-refractivity contribution in [2.45, 2.75) is 23.7 Å². The van der Waals surface area contributed by atoms with Crippen molar-refractivity contribution in [1.29, 1.82) is 0 Å². The van der Waals surface area contributed by atoms with Crippen molar-refractivity contribution in [3.8, 4) is 0 Å². The van der Waals surface area contributed by atoms with Gasteiger partial charge in [0.05, 0.1) is 10.5 Å². The van der Waals surface area contributed by atoms with Gasteiger partial charge in [-0.25, -0.2) is 13.6 Å². The molecule has 0 radical (unpaired) electrons. The molecule has 2 aromatic carbocycles. The van der Waals surface area contributed by atoms with Crippen LogP contribution in [0.2, 0.25) is 0 Å². The maximum atomic E-state index is 12.6. The van der Waals surface area contributed by atoms with Gasteiger partial charge in [-0.05, 0) is 42.0 Å². The minimum atomic E-state index is -4.33. The fraction of sp³-hybridized carbons (Fsp3) is 0.294. The molecule has 1 heterocycles. The van der Waals surface area contributed by atoms with E-state index in [2.05, 4.69) is 5.32 Å². The molecule has 0 amide bonds. The van der Waals surface area contributed by atoms with E-state index in [1.807, 2.05) is 4.90 Å². The average Bonchev–Trinajstić information content (AvgIpc) is 2.52. The van der Waals surface area contributed by atoms with Crippen molar-refractivity contribution < 1.29 is 21.6 Å². The van der Waals surface area contributed by atoms with Gasteiger partial charge in [-0.3, -0.25) is 0 Å². The number of hydrogen-bond donors (Lipinski definition) is 2. The third kappa shape index (κ3) is 4.35. The molecule has 0 aromatic heterocycles. The van der Waals surface area contributed by atoms with Gasteiger partial charge >= 0.3 is 6.18 Å². The number of alkyl halides is 3. The first-order chi connectivity index (χ1) is 12.1. The second-order valence-electron chi connectivity index (χ2n) is 6.22. The molecule has 1 saturated heterocycles. The lowest BCUT2D eigenvalue weighted by Crippen LogP contribution is -2.57. The summed E-state index contributed by atoms with van der Waals surface area (Å²) in [5, 5.41) is 8.41. The SMILES string of the molecule is NS(=O)(=O)c1cccc(CNC2CN(c3ccc(C(F)(F)F)cc3)C2)c1. The zero-order valence-corrected chi connectivity index (χ0v) is 14.5. The molecule has 2 aromatic rings. The van der Waals surface area contributed by atoms with Gasteiger partial charge < -0.3 is 10.2 Å². The number of nitrogens with one attached hydrogen (secondary N) is 1. The highest BCUT2D eigenvalue weighted by molar-refractivity contribution is 7.89. The van der Waals surface area contributed by atoms with Gasteiger partial charge in [0.1, 0.15) is 0 Å². The van der Waals surface area contributed by atoms with Crippen LogP contribution in [0.1, 0.15) is 11.1 Å². The first-order valence-corrected chi connectivity index (χ1v) is 9.45. The monoisotopic (exact) mass is 385 g/mol. The van der Waals surface area contributed by atoms with Crippen molar-refractivity contribution in [2.75, 3.05) is 18.0 Å². The van der Waals surface area contributed by atoms with E-state index >= 15 is 0 Å². The highest BCUT2D eigenvalue weighted by Crippen LogP contribution is 2.31. The van der Waals surface area contributed by atoms with E-state index in [-0.39, 0.29) is 10.9 Å². The van der Waals surface area contributed by atoms with Crippen LogP contribution in [0, 0.1) is 0 Å². The van der Waals surface area contributed by atoms with E-state index in [1.54, 1.807) is 12.1 Å². The van der Waals surface area contributed by atoms with E-state index < -0.39 is 21.8 Å². The van der Waals surface area contributed by atoms with Crippen molar-refractivity contribution >= 4 is 15.7 Å². The summed E-state index contributed by atoms with van der Waals surface area (Å²) >= 11 is 0. The molecule has 0 unspecified atom stereocenters. The Bertz CT molecular complexity index is 877. The molecule has 3 N–H and O–H groups in total. The van der Waals surface area contributed by atoms with Crippen LogP contribution >= 0.6 is 0 Å². The third-order valence-electron chi connectivity index (χ3n) is 4.26. The first-order valence-electron chi connectivity index (χ1n) is 7.90. The summed E-state index contributed by atoms with van der Waals surface area (Å²) in [6.07, 6.45) is -4.33. The lowest BCUT2D eigenvalue weighted by Gasteiger charge is -2.41. The van der Waals surface area contributed by atoms with Crippen LogP contribution in [-0.2, 0) is 22.7 Å². The van der Waals surface area contributed by atoms with E-state index in [9.17, 15) is 21.6 Å². The van der Waals surface area contributed by atoms with Gasteiger partial charge in [-0.1, -0.05) is 12.1 Å². The standard InChI is InChI=1S/C17H18F3N3O2S/c18-17(19,20)13-4-6-15(7-5-13)23-10-14(11-23)22-9-12-2-1-3-16(8-12)26(21,24)25/h1-8,14,22H,9-11H2,(H2,21,24,25). The number of nitrogens with zero attached hydrogens (tertiary/aromatic N) is 1. The summed E-state index contributed by atoms with van der Waals surface area (Å²) in [5.41, 5.74) is 0.878. The Morgan fingerprint density at radius 3 is 2.35 bits per heavy atom. The molecule has 1 fully saturated rings. The molecule has 0 spiro atoms. The molecule has 1 aliphatic heterocycles. The molecule has 0 bridgehead atoms. The van der Waals surface area contributed by atoms with Gasteiger partial charge in [-0.15, -0.1) is 0 Å². The number of anilines is 1. The number of benzene rings is 2. The van der Waals surface area contributed by atoms with Crippen molar-refractivity contribution in [3.63, 3.8) is 0 Å². The van der Waals surface area contributed by atoms with Crippen LogP contribution in [0.5, 0.6) is 0 Å². The summed E-state index contributed by atoms with van der Waals surface area (Å²) in [6.45, 7) is 1.81. The second-order valence-corrected chi connectivity index (χ2v) is 7.78. The summed E-state index contributed by atoms with van der Waals surface area (Å²) < 4.78 is 60.4. The Balaban J connectivity index is 1.52. The number of nitrogens with two attached hydrogens (primary N) is 1. The van der Waals surface area contributed by atoms with Gasteiger partial charge in [-0.2, -0.15) is 13.2 Å². The molecule has 5 nitrogen and oxygen atoms in total. The molecule has 1 aliphatic rings. The summed E-state index contributed by atoms with van der Waals surface area (Å²) in [7, 11) is -3.73. The van der Waals surface area contributed by atoms with E-state index in [4.69, 9.17) is 5.14 Å². The normalized spacial score (nSPS) is 15.8. The van der Waals surface area contributed by atoms with E-state index in [0.29, 0.717) is 19.6 Å². The quantitative estimate of drug-likeness (QED) is 0.828. The van der Waals surface area contributed by atoms with Crippen molar-refractivity contribution in [2.24, 2.45) is 5.14 Å². The smallest absolute Gasteiger partial charge is 0.368 e. The van der Waals surface area contributed by atoms with E-state index in [0.717, 1.165) is 23.4 Å². The number of sulfonamides is 1. The van der Waals surface area contributed by atoms with Gasteiger partial charge in [0, 0.05) is 31.4 Å². The van der Waals surface area contributed by atoms with Crippen LogP contribution < -0.4 is 15.4 Å². The molecule has 0 atom stereocenters. The molecule has 3 rings (SSSR count). The fourth-order valence-corrected chi connectivity index (χ4v) is 3.36. The lowest BCUT2D eigenvalue weighted by atomic mass is 10.1. The number of halogens is 3. The first kappa shape index (κ1) is 18.7. The Labute approximate surface area is 149 Å². The number of hydrogen-bond acceptors (Lipinski definition) is 4. The van der Waals surface area contributed by atoms with Gasteiger partial charge in [0.15, 0.2) is 0 Å². The molecule has 26 heavy (non-hydrogen) atoms. The van der Waals surface area contributed by atoms with Crippen LogP contribution in [0.3, 0.4) is 0 Å². The second kappa shape index (κ2) is 6.90. The van der Waals surface area contributed by atoms with Crippen LogP contribution in [0.15, 0.2) is 53.4 Å². The highest BCUT2D eigenvalue weighted by Gasteiger charge is 2.31. The lowest BCUT2D eigenvalue weighted by molar-refractivity contribution is -0.137. The minimum Gasteiger partial charge on any atom is -0.368 e. The fourth-order valence-electron chi connectivity index (χ4n) is 2.77. The highest BCUT2D eigenvalue weighted by atomic mass is 32.2. The van der Waals surface area contributed by atoms with Crippen LogP contribution in [0.4, 0.5) is 18.9 Å². The largest absolute Gasteiger partial charge is 0.416 e. The van der Waals surface area contributed by atoms with E-state index in [1.165, 1.54) is 24.3 Å². The van der Waals surface area contributed by atoms with Crippen LogP contribution in [-0.4, -0.2) is 27.5 Å². The Hall–Kier alpha value is -2.10. The van der Waals surface area contributed by atoms with Gasteiger partial charge in [0.25, 0.3) is 0 Å². The molecule has 0 aliphatic carbocycles. The van der Waals surface area contributed by atoms with Gasteiger partial charge in [0.2, 0.25) is 10.0 Å². The minimum absolute atomic E-state index is 0.0665. The summed E-state index contributed by atoms with van der Waals surface area (Å²) in [4.78, 5) is 2.04. The average molecular weight is 385 g/mol. The molecule has 140 valence electrons. The van der Waals surface area contributed by atoms with Crippen LogP contribution in [0.25, 0.3) is 0 Å². The zero-order valence-electron chi connectivity index (χ0n) is 13.7. The molecule has 0 saturated carbocycles.